The minimum atomic E-state index is -3.16. The predicted octanol–water partition coefficient (Wildman–Crippen LogP) is 1.99. The van der Waals surface area contributed by atoms with E-state index in [1.54, 1.807) is 25.3 Å². The Balaban J connectivity index is 3.33. The summed E-state index contributed by atoms with van der Waals surface area (Å²) in [6.45, 7) is 0. The highest BCUT2D eigenvalue weighted by Crippen LogP contribution is 2.23. The number of sulfone groups is 1. The van der Waals surface area contributed by atoms with Gasteiger partial charge in [0.1, 0.15) is 5.75 Å². The molecule has 0 unspecified atom stereocenters. The molecule has 0 amide bonds. The van der Waals surface area contributed by atoms with E-state index in [4.69, 9.17) is 4.74 Å². The lowest BCUT2D eigenvalue weighted by Crippen LogP contribution is -2.01. The van der Waals surface area contributed by atoms with Crippen LogP contribution in [-0.4, -0.2) is 21.8 Å². The van der Waals surface area contributed by atoms with Crippen LogP contribution in [0, 0.1) is 0 Å². The van der Waals surface area contributed by atoms with Crippen molar-refractivity contribution in [2.45, 2.75) is 10.2 Å². The van der Waals surface area contributed by atoms with Crippen molar-refractivity contribution in [1.29, 1.82) is 0 Å². The summed E-state index contributed by atoms with van der Waals surface area (Å²) in [5.74, 6) is 0.659. The highest BCUT2D eigenvalue weighted by atomic mass is 79.9. The molecule has 5 heteroatoms. The summed E-state index contributed by atoms with van der Waals surface area (Å²) in [6.07, 6.45) is 1.20. The topological polar surface area (TPSA) is 43.4 Å². The van der Waals surface area contributed by atoms with Crippen LogP contribution in [0.1, 0.15) is 5.56 Å². The smallest absolute Gasteiger partial charge is 0.175 e. The molecule has 0 radical (unpaired) electrons. The third-order valence-corrected chi connectivity index (χ3v) is 3.61. The van der Waals surface area contributed by atoms with Gasteiger partial charge in [-0.15, -0.1) is 0 Å². The first kappa shape index (κ1) is 11.5. The summed E-state index contributed by atoms with van der Waals surface area (Å²) in [5, 5.41) is 0.493. The zero-order chi connectivity index (χ0) is 10.8. The van der Waals surface area contributed by atoms with Crippen molar-refractivity contribution in [3.05, 3.63) is 23.8 Å². The Morgan fingerprint density at radius 1 is 1.43 bits per heavy atom. The zero-order valence-electron chi connectivity index (χ0n) is 7.95. The second-order valence-electron chi connectivity index (χ2n) is 2.88. The fraction of sp³-hybridized carbons (Fsp3) is 0.333. The van der Waals surface area contributed by atoms with Crippen molar-refractivity contribution in [2.24, 2.45) is 0 Å². The second-order valence-corrected chi connectivity index (χ2v) is 5.42. The van der Waals surface area contributed by atoms with E-state index in [0.29, 0.717) is 21.5 Å². The van der Waals surface area contributed by atoms with E-state index in [-0.39, 0.29) is 0 Å². The molecule has 78 valence electrons. The fourth-order valence-electron chi connectivity index (χ4n) is 1.15. The van der Waals surface area contributed by atoms with E-state index in [2.05, 4.69) is 15.9 Å². The molecule has 0 heterocycles. The van der Waals surface area contributed by atoms with Crippen molar-refractivity contribution in [3.63, 3.8) is 0 Å². The molecule has 0 aromatic heterocycles. The van der Waals surface area contributed by atoms with Gasteiger partial charge in [-0.3, -0.25) is 0 Å². The summed E-state index contributed by atoms with van der Waals surface area (Å²) in [7, 11) is -1.61. The van der Waals surface area contributed by atoms with Gasteiger partial charge in [-0.2, -0.15) is 0 Å². The number of hydrogen-bond donors (Lipinski definition) is 0. The number of benzene rings is 1. The first-order valence-electron chi connectivity index (χ1n) is 3.92. The molecule has 1 aromatic rings. The van der Waals surface area contributed by atoms with Crippen LogP contribution in [0.25, 0.3) is 0 Å². The summed E-state index contributed by atoms with van der Waals surface area (Å²) in [6, 6.07) is 4.92. The number of halogens is 1. The van der Waals surface area contributed by atoms with Crippen molar-refractivity contribution >= 4 is 25.8 Å². The number of rotatable bonds is 3. The van der Waals surface area contributed by atoms with Gasteiger partial charge < -0.3 is 4.74 Å². The van der Waals surface area contributed by atoms with Crippen molar-refractivity contribution in [1.82, 2.24) is 0 Å². The van der Waals surface area contributed by atoms with Crippen molar-refractivity contribution in [2.75, 3.05) is 13.4 Å². The highest BCUT2D eigenvalue weighted by Gasteiger charge is 2.12. The van der Waals surface area contributed by atoms with E-state index in [1.807, 2.05) is 0 Å². The number of methoxy groups -OCH3 is 1. The Kier molecular flexibility index (Phi) is 3.55. The summed E-state index contributed by atoms with van der Waals surface area (Å²) >= 11 is 3.24. The van der Waals surface area contributed by atoms with Gasteiger partial charge in [-0.1, -0.05) is 15.9 Å². The van der Waals surface area contributed by atoms with E-state index in [0.717, 1.165) is 0 Å². The predicted molar refractivity (Wildman–Crippen MR) is 58.7 cm³/mol. The van der Waals surface area contributed by atoms with Crippen LogP contribution in [-0.2, 0) is 15.2 Å². The van der Waals surface area contributed by atoms with Crippen molar-refractivity contribution < 1.29 is 13.2 Å². The maximum Gasteiger partial charge on any atom is 0.175 e. The van der Waals surface area contributed by atoms with Crippen molar-refractivity contribution in [3.8, 4) is 5.75 Å². The molecule has 0 saturated heterocycles. The van der Waals surface area contributed by atoms with E-state index < -0.39 is 9.84 Å². The van der Waals surface area contributed by atoms with Gasteiger partial charge in [0.15, 0.2) is 9.84 Å². The molecule has 0 aliphatic rings. The molecule has 0 bridgehead atoms. The molecule has 1 aromatic carbocycles. The molecule has 14 heavy (non-hydrogen) atoms. The molecular formula is C9H11BrO3S. The Labute approximate surface area is 92.1 Å². The molecule has 0 saturated carbocycles. The summed E-state index contributed by atoms with van der Waals surface area (Å²) in [5.41, 5.74) is 0.715. The average molecular weight is 279 g/mol. The first-order chi connectivity index (χ1) is 6.49. The lowest BCUT2D eigenvalue weighted by Gasteiger charge is -2.07. The molecular weight excluding hydrogens is 268 g/mol. The molecule has 0 spiro atoms. The van der Waals surface area contributed by atoms with Gasteiger partial charge in [0.2, 0.25) is 0 Å². The number of hydrogen-bond acceptors (Lipinski definition) is 3. The normalized spacial score (nSPS) is 11.4. The van der Waals surface area contributed by atoms with E-state index in [9.17, 15) is 8.42 Å². The maximum absolute atomic E-state index is 11.4. The average Bonchev–Trinajstić information content (AvgIpc) is 2.15. The first-order valence-corrected chi connectivity index (χ1v) is 6.93. The SMILES string of the molecule is COc1ccc(S(C)(=O)=O)c(CBr)c1. The van der Waals surface area contributed by atoms with Gasteiger partial charge in [0.25, 0.3) is 0 Å². The van der Waals surface area contributed by atoms with E-state index in [1.165, 1.54) is 6.26 Å². The molecule has 1 rings (SSSR count). The maximum atomic E-state index is 11.4. The summed E-state index contributed by atoms with van der Waals surface area (Å²) < 4.78 is 27.7. The highest BCUT2D eigenvalue weighted by molar-refractivity contribution is 9.08. The third kappa shape index (κ3) is 2.48. The van der Waals surface area contributed by atoms with Crippen LogP contribution in [0.2, 0.25) is 0 Å². The largest absolute Gasteiger partial charge is 0.497 e. The molecule has 3 nitrogen and oxygen atoms in total. The molecule has 0 aliphatic heterocycles. The third-order valence-electron chi connectivity index (χ3n) is 1.81. The van der Waals surface area contributed by atoms with Gasteiger partial charge in [-0.25, -0.2) is 8.42 Å². The Hall–Kier alpha value is -0.550. The Bertz CT molecular complexity index is 426. The minimum absolute atomic E-state index is 0.343. The number of alkyl halides is 1. The second kappa shape index (κ2) is 4.31. The minimum Gasteiger partial charge on any atom is -0.497 e. The molecule has 0 atom stereocenters. The van der Waals surface area contributed by atoms with Crippen LogP contribution >= 0.6 is 15.9 Å². The van der Waals surface area contributed by atoms with Crippen LogP contribution < -0.4 is 4.74 Å². The van der Waals surface area contributed by atoms with Crippen LogP contribution in [0.15, 0.2) is 23.1 Å². The monoisotopic (exact) mass is 278 g/mol. The quantitative estimate of drug-likeness (QED) is 0.795. The Morgan fingerprint density at radius 3 is 2.50 bits per heavy atom. The van der Waals surface area contributed by atoms with Gasteiger partial charge >= 0.3 is 0 Å². The fourth-order valence-corrected chi connectivity index (χ4v) is 2.72. The van der Waals surface area contributed by atoms with Crippen LogP contribution in [0.3, 0.4) is 0 Å². The standard InChI is InChI=1S/C9H11BrO3S/c1-13-8-3-4-9(14(2,11)12)7(5-8)6-10/h3-5H,6H2,1-2H3. The Morgan fingerprint density at radius 2 is 2.07 bits per heavy atom. The molecule has 0 aliphatic carbocycles. The van der Waals surface area contributed by atoms with Crippen LogP contribution in [0.5, 0.6) is 5.75 Å². The van der Waals surface area contributed by atoms with Gasteiger partial charge in [-0.05, 0) is 23.8 Å². The van der Waals surface area contributed by atoms with Gasteiger partial charge in [0, 0.05) is 11.6 Å². The summed E-state index contributed by atoms with van der Waals surface area (Å²) in [4.78, 5) is 0.343. The zero-order valence-corrected chi connectivity index (χ0v) is 10.4. The van der Waals surface area contributed by atoms with Crippen LogP contribution in [0.4, 0.5) is 0 Å². The lowest BCUT2D eigenvalue weighted by atomic mass is 10.2. The van der Waals surface area contributed by atoms with Gasteiger partial charge in [0.05, 0.1) is 12.0 Å². The lowest BCUT2D eigenvalue weighted by molar-refractivity contribution is 0.414. The molecule has 0 N–H and O–H groups in total. The number of ether oxygens (including phenoxy) is 1. The van der Waals surface area contributed by atoms with E-state index >= 15 is 0 Å². The molecule has 0 fully saturated rings.